The van der Waals surface area contributed by atoms with E-state index in [1.54, 1.807) is 0 Å². The summed E-state index contributed by atoms with van der Waals surface area (Å²) in [6.07, 6.45) is 1.45. The molecule has 0 fully saturated rings. The number of hydrogen-bond donors (Lipinski definition) is 1. The summed E-state index contributed by atoms with van der Waals surface area (Å²) in [5, 5.41) is 0. The predicted octanol–water partition coefficient (Wildman–Crippen LogP) is 2.01. The number of rotatable bonds is 0. The lowest BCUT2D eigenvalue weighted by Gasteiger charge is -2.09. The van der Waals surface area contributed by atoms with E-state index in [4.69, 9.17) is 5.73 Å². The smallest absolute Gasteiger partial charge is 0.163 e. The summed E-state index contributed by atoms with van der Waals surface area (Å²) < 4.78 is 0. The summed E-state index contributed by atoms with van der Waals surface area (Å²) in [5.41, 5.74) is 10.8. The molecule has 13 heavy (non-hydrogen) atoms. The topological polar surface area (TPSA) is 43.1 Å². The zero-order chi connectivity index (χ0) is 9.59. The second kappa shape index (κ2) is 2.59. The van der Waals surface area contributed by atoms with Gasteiger partial charge in [-0.25, -0.2) is 0 Å². The van der Waals surface area contributed by atoms with Gasteiger partial charge in [0.1, 0.15) is 0 Å². The molecule has 1 aromatic rings. The first-order valence-corrected chi connectivity index (χ1v) is 4.53. The lowest BCUT2D eigenvalue weighted by Crippen LogP contribution is -2.01. The van der Waals surface area contributed by atoms with Crippen LogP contribution in [-0.4, -0.2) is 5.78 Å². The third-order valence-electron chi connectivity index (χ3n) is 2.87. The Morgan fingerprint density at radius 2 is 2.00 bits per heavy atom. The van der Waals surface area contributed by atoms with Gasteiger partial charge in [0.05, 0.1) is 0 Å². The number of nitrogen functional groups attached to an aromatic ring is 1. The van der Waals surface area contributed by atoms with Gasteiger partial charge in [-0.1, -0.05) is 0 Å². The predicted molar refractivity (Wildman–Crippen MR) is 53.0 cm³/mol. The Hall–Kier alpha value is -1.31. The minimum atomic E-state index is 0.253. The molecule has 0 radical (unpaired) electrons. The molecule has 0 amide bonds. The number of aryl methyl sites for hydroxylation is 1. The van der Waals surface area contributed by atoms with Crippen molar-refractivity contribution in [1.29, 1.82) is 0 Å². The molecule has 0 saturated heterocycles. The monoisotopic (exact) mass is 175 g/mol. The minimum absolute atomic E-state index is 0.253. The third-order valence-corrected chi connectivity index (χ3v) is 2.87. The van der Waals surface area contributed by atoms with Crippen LogP contribution in [0.25, 0.3) is 0 Å². The highest BCUT2D eigenvalue weighted by Gasteiger charge is 2.24. The van der Waals surface area contributed by atoms with Crippen LogP contribution in [0.15, 0.2) is 6.07 Å². The largest absolute Gasteiger partial charge is 0.398 e. The van der Waals surface area contributed by atoms with Crippen LogP contribution in [-0.2, 0) is 6.42 Å². The summed E-state index contributed by atoms with van der Waals surface area (Å²) in [7, 11) is 0. The highest BCUT2D eigenvalue weighted by Crippen LogP contribution is 2.31. The van der Waals surface area contributed by atoms with Crippen molar-refractivity contribution in [2.24, 2.45) is 0 Å². The van der Waals surface area contributed by atoms with Crippen LogP contribution < -0.4 is 5.73 Å². The number of carbonyl (C=O) groups is 1. The highest BCUT2D eigenvalue weighted by molar-refractivity contribution is 6.03. The molecule has 2 N–H and O–H groups in total. The van der Waals surface area contributed by atoms with Crippen molar-refractivity contribution in [3.8, 4) is 0 Å². The number of ketones is 1. The lowest BCUT2D eigenvalue weighted by atomic mass is 9.98. The summed E-state index contributed by atoms with van der Waals surface area (Å²) >= 11 is 0. The fourth-order valence-electron chi connectivity index (χ4n) is 2.01. The van der Waals surface area contributed by atoms with Crippen LogP contribution in [0.2, 0.25) is 0 Å². The van der Waals surface area contributed by atoms with Crippen LogP contribution in [0, 0.1) is 13.8 Å². The molecular weight excluding hydrogens is 162 g/mol. The molecule has 0 saturated carbocycles. The molecule has 1 aliphatic carbocycles. The fourth-order valence-corrected chi connectivity index (χ4v) is 2.01. The Kier molecular flexibility index (Phi) is 1.65. The van der Waals surface area contributed by atoms with Crippen LogP contribution >= 0.6 is 0 Å². The molecule has 0 atom stereocenters. The maximum Gasteiger partial charge on any atom is 0.163 e. The molecule has 1 aromatic carbocycles. The van der Waals surface area contributed by atoms with Crippen molar-refractivity contribution in [2.75, 3.05) is 5.73 Å². The van der Waals surface area contributed by atoms with E-state index in [1.807, 2.05) is 19.9 Å². The van der Waals surface area contributed by atoms with Crippen LogP contribution in [0.4, 0.5) is 5.69 Å². The van der Waals surface area contributed by atoms with Gasteiger partial charge in [0, 0.05) is 17.7 Å². The quantitative estimate of drug-likeness (QED) is 0.613. The van der Waals surface area contributed by atoms with Crippen molar-refractivity contribution in [3.05, 3.63) is 28.3 Å². The van der Waals surface area contributed by atoms with E-state index in [0.29, 0.717) is 6.42 Å². The highest BCUT2D eigenvalue weighted by atomic mass is 16.1. The van der Waals surface area contributed by atoms with Crippen LogP contribution in [0.3, 0.4) is 0 Å². The SMILES string of the molecule is Cc1cc(N)c2c(c1C)C(=O)CC2. The van der Waals surface area contributed by atoms with Gasteiger partial charge in [0.25, 0.3) is 0 Å². The van der Waals surface area contributed by atoms with E-state index >= 15 is 0 Å². The first kappa shape index (κ1) is 8.30. The maximum absolute atomic E-state index is 11.5. The van der Waals surface area contributed by atoms with Crippen molar-refractivity contribution >= 4 is 11.5 Å². The van der Waals surface area contributed by atoms with E-state index in [9.17, 15) is 4.79 Å². The average molecular weight is 175 g/mol. The van der Waals surface area contributed by atoms with Gasteiger partial charge in [-0.3, -0.25) is 4.79 Å². The second-order valence-corrected chi connectivity index (χ2v) is 3.68. The molecule has 2 nitrogen and oxygen atoms in total. The molecule has 2 rings (SSSR count). The van der Waals surface area contributed by atoms with E-state index in [-0.39, 0.29) is 5.78 Å². The maximum atomic E-state index is 11.5. The van der Waals surface area contributed by atoms with Crippen molar-refractivity contribution < 1.29 is 4.79 Å². The summed E-state index contributed by atoms with van der Waals surface area (Å²) in [6, 6.07) is 1.97. The summed E-state index contributed by atoms with van der Waals surface area (Å²) in [5.74, 6) is 0.253. The Morgan fingerprint density at radius 3 is 2.69 bits per heavy atom. The first-order chi connectivity index (χ1) is 6.11. The third kappa shape index (κ3) is 1.05. The number of anilines is 1. The molecule has 0 unspecified atom stereocenters. The van der Waals surface area contributed by atoms with Crippen LogP contribution in [0.5, 0.6) is 0 Å². The molecule has 0 heterocycles. The van der Waals surface area contributed by atoms with Gasteiger partial charge in [-0.2, -0.15) is 0 Å². The van der Waals surface area contributed by atoms with Gasteiger partial charge in [-0.05, 0) is 43.0 Å². The van der Waals surface area contributed by atoms with E-state index in [1.165, 1.54) is 0 Å². The second-order valence-electron chi connectivity index (χ2n) is 3.68. The molecular formula is C11H13NO. The Morgan fingerprint density at radius 1 is 1.31 bits per heavy atom. The van der Waals surface area contributed by atoms with Crippen molar-refractivity contribution in [3.63, 3.8) is 0 Å². The minimum Gasteiger partial charge on any atom is -0.398 e. The number of fused-ring (bicyclic) bond motifs is 1. The zero-order valence-corrected chi connectivity index (χ0v) is 7.98. The Bertz CT molecular complexity index is 394. The van der Waals surface area contributed by atoms with E-state index in [0.717, 1.165) is 34.4 Å². The zero-order valence-electron chi connectivity index (χ0n) is 7.98. The number of benzene rings is 1. The molecule has 0 spiro atoms. The van der Waals surface area contributed by atoms with Gasteiger partial charge >= 0.3 is 0 Å². The lowest BCUT2D eigenvalue weighted by molar-refractivity contribution is 0.0994. The molecule has 2 heteroatoms. The molecule has 1 aliphatic rings. The number of carbonyl (C=O) groups excluding carboxylic acids is 1. The number of Topliss-reactive ketones (excluding diaryl/α,β-unsaturated/α-hetero) is 1. The molecule has 0 aliphatic heterocycles. The van der Waals surface area contributed by atoms with Gasteiger partial charge in [0.15, 0.2) is 5.78 Å². The molecule has 0 aromatic heterocycles. The average Bonchev–Trinajstić information content (AvgIpc) is 2.44. The van der Waals surface area contributed by atoms with Gasteiger partial charge < -0.3 is 5.73 Å². The normalized spacial score (nSPS) is 14.8. The van der Waals surface area contributed by atoms with Crippen molar-refractivity contribution in [2.45, 2.75) is 26.7 Å². The summed E-state index contributed by atoms with van der Waals surface area (Å²) in [4.78, 5) is 11.5. The van der Waals surface area contributed by atoms with Crippen LogP contribution in [0.1, 0.15) is 33.5 Å². The molecule has 68 valence electrons. The number of nitrogens with two attached hydrogens (primary N) is 1. The van der Waals surface area contributed by atoms with Gasteiger partial charge in [0.2, 0.25) is 0 Å². The first-order valence-electron chi connectivity index (χ1n) is 4.53. The Labute approximate surface area is 77.8 Å². The van der Waals surface area contributed by atoms with E-state index < -0.39 is 0 Å². The Balaban J connectivity index is 2.77. The van der Waals surface area contributed by atoms with E-state index in [2.05, 4.69) is 0 Å². The number of hydrogen-bond acceptors (Lipinski definition) is 2. The van der Waals surface area contributed by atoms with Gasteiger partial charge in [-0.15, -0.1) is 0 Å². The standard InChI is InChI=1S/C11H13NO/c1-6-5-9(12)8-3-4-10(13)11(8)7(6)2/h5H,3-4,12H2,1-2H3. The summed E-state index contributed by atoms with van der Waals surface area (Å²) in [6.45, 7) is 3.99. The van der Waals surface area contributed by atoms with Crippen molar-refractivity contribution in [1.82, 2.24) is 0 Å². The fraction of sp³-hybridized carbons (Fsp3) is 0.364. The molecule has 0 bridgehead atoms.